The first-order chi connectivity index (χ1) is 10.4. The summed E-state index contributed by atoms with van der Waals surface area (Å²) in [6.07, 6.45) is -2.91. The normalized spacial score (nSPS) is 17.2. The topological polar surface area (TPSA) is 36.4 Å². The van der Waals surface area contributed by atoms with E-state index in [1.807, 2.05) is 18.2 Å². The molecule has 0 aliphatic heterocycles. The van der Waals surface area contributed by atoms with Gasteiger partial charge in [-0.15, -0.1) is 0 Å². The number of hydrogen-bond acceptors (Lipinski definition) is 1. The molecule has 1 aromatic rings. The molecule has 0 aromatic heterocycles. The van der Waals surface area contributed by atoms with Gasteiger partial charge in [0.1, 0.15) is 0 Å². The van der Waals surface area contributed by atoms with Crippen LogP contribution in [0.2, 0.25) is 0 Å². The highest BCUT2D eigenvalue weighted by molar-refractivity contribution is 9.10. The number of benzene rings is 1. The predicted octanol–water partition coefficient (Wildman–Crippen LogP) is 3.60. The van der Waals surface area contributed by atoms with Crippen molar-refractivity contribution in [3.05, 3.63) is 34.3 Å². The van der Waals surface area contributed by atoms with Crippen molar-refractivity contribution in [2.45, 2.75) is 30.9 Å². The minimum atomic E-state index is -4.15. The van der Waals surface area contributed by atoms with Crippen LogP contribution in [0.15, 0.2) is 33.7 Å². The van der Waals surface area contributed by atoms with E-state index in [9.17, 15) is 13.2 Å². The van der Waals surface area contributed by atoms with E-state index in [1.54, 1.807) is 7.05 Å². The van der Waals surface area contributed by atoms with Gasteiger partial charge in [0.05, 0.1) is 6.42 Å². The van der Waals surface area contributed by atoms with Crippen LogP contribution < -0.4 is 10.6 Å². The molecule has 22 heavy (non-hydrogen) atoms. The molecule has 0 heterocycles. The van der Waals surface area contributed by atoms with E-state index >= 15 is 0 Å². The summed E-state index contributed by atoms with van der Waals surface area (Å²) in [4.78, 5) is 3.97. The van der Waals surface area contributed by atoms with Gasteiger partial charge in [0, 0.05) is 30.0 Å². The van der Waals surface area contributed by atoms with Crippen molar-refractivity contribution in [1.29, 1.82) is 0 Å². The Balaban J connectivity index is 1.87. The van der Waals surface area contributed by atoms with E-state index in [4.69, 9.17) is 0 Å². The molecule has 0 radical (unpaired) electrons. The summed E-state index contributed by atoms with van der Waals surface area (Å²) < 4.78 is 37.5. The largest absolute Gasteiger partial charge is 0.390 e. The second-order valence-electron chi connectivity index (χ2n) is 5.48. The standard InChI is InChI=1S/C15H19BrF3N3/c1-20-13(21-9-8-15(17,18)19)22-10-14(6-7-14)11-4-2-3-5-12(11)16/h2-5H,6-10H2,1H3,(H2,20,21,22). The van der Waals surface area contributed by atoms with Crippen molar-refractivity contribution in [2.75, 3.05) is 20.1 Å². The highest BCUT2D eigenvalue weighted by Gasteiger charge is 2.45. The minimum Gasteiger partial charge on any atom is -0.356 e. The molecule has 0 bridgehead atoms. The summed E-state index contributed by atoms with van der Waals surface area (Å²) in [6, 6.07) is 8.05. The zero-order valence-corrected chi connectivity index (χ0v) is 13.9. The van der Waals surface area contributed by atoms with Gasteiger partial charge in [0.2, 0.25) is 0 Å². The number of rotatable bonds is 5. The first-order valence-corrected chi connectivity index (χ1v) is 7.92. The average Bonchev–Trinajstić information content (AvgIpc) is 3.23. The lowest BCUT2D eigenvalue weighted by atomic mass is 9.96. The fourth-order valence-corrected chi connectivity index (χ4v) is 3.09. The summed E-state index contributed by atoms with van der Waals surface area (Å²) in [6.45, 7) is 0.479. The molecule has 122 valence electrons. The van der Waals surface area contributed by atoms with E-state index in [2.05, 4.69) is 37.6 Å². The number of aliphatic imine (C=N–C) groups is 1. The third-order valence-corrected chi connectivity index (χ3v) is 4.51. The van der Waals surface area contributed by atoms with Crippen LogP contribution in [-0.2, 0) is 5.41 Å². The second kappa shape index (κ2) is 6.89. The molecule has 2 rings (SSSR count). The molecule has 2 N–H and O–H groups in total. The van der Waals surface area contributed by atoms with Gasteiger partial charge in [0.25, 0.3) is 0 Å². The van der Waals surface area contributed by atoms with Crippen molar-refractivity contribution in [1.82, 2.24) is 10.6 Å². The summed E-state index contributed by atoms with van der Waals surface area (Å²) in [5, 5.41) is 5.83. The summed E-state index contributed by atoms with van der Waals surface area (Å²) in [5.41, 5.74) is 1.27. The lowest BCUT2D eigenvalue weighted by Crippen LogP contribution is -2.42. The Bertz CT molecular complexity index is 539. The third-order valence-electron chi connectivity index (χ3n) is 3.82. The van der Waals surface area contributed by atoms with Crippen LogP contribution in [0.5, 0.6) is 0 Å². The third kappa shape index (κ3) is 4.63. The summed E-state index contributed by atoms with van der Waals surface area (Å²) >= 11 is 3.56. The first-order valence-electron chi connectivity index (χ1n) is 7.13. The minimum absolute atomic E-state index is 0.0434. The fourth-order valence-electron chi connectivity index (χ4n) is 2.38. The van der Waals surface area contributed by atoms with Crippen LogP contribution in [0, 0.1) is 0 Å². The molecule has 0 saturated heterocycles. The Morgan fingerprint density at radius 2 is 1.95 bits per heavy atom. The lowest BCUT2D eigenvalue weighted by molar-refractivity contribution is -0.132. The predicted molar refractivity (Wildman–Crippen MR) is 85.1 cm³/mol. The smallest absolute Gasteiger partial charge is 0.356 e. The zero-order valence-electron chi connectivity index (χ0n) is 12.3. The summed E-state index contributed by atoms with van der Waals surface area (Å²) in [5.74, 6) is 0.405. The zero-order chi connectivity index (χ0) is 16.2. The van der Waals surface area contributed by atoms with Crippen LogP contribution in [0.4, 0.5) is 13.2 Å². The van der Waals surface area contributed by atoms with Gasteiger partial charge in [-0.05, 0) is 24.5 Å². The molecule has 7 heteroatoms. The number of alkyl halides is 3. The van der Waals surface area contributed by atoms with E-state index < -0.39 is 12.6 Å². The van der Waals surface area contributed by atoms with Crippen molar-refractivity contribution < 1.29 is 13.2 Å². The van der Waals surface area contributed by atoms with Crippen molar-refractivity contribution >= 4 is 21.9 Å². The maximum absolute atomic E-state index is 12.2. The van der Waals surface area contributed by atoms with Crippen LogP contribution >= 0.6 is 15.9 Å². The van der Waals surface area contributed by atoms with Crippen molar-refractivity contribution in [3.63, 3.8) is 0 Å². The van der Waals surface area contributed by atoms with Gasteiger partial charge in [-0.1, -0.05) is 34.1 Å². The molecule has 1 aliphatic rings. The number of guanidine groups is 1. The van der Waals surface area contributed by atoms with Crippen LogP contribution in [-0.4, -0.2) is 32.3 Å². The maximum atomic E-state index is 12.2. The van der Waals surface area contributed by atoms with E-state index in [0.717, 1.165) is 17.3 Å². The Kier molecular flexibility index (Phi) is 5.36. The SMILES string of the molecule is CN=C(NCCC(F)(F)F)NCC1(c2ccccc2Br)CC1. The van der Waals surface area contributed by atoms with Gasteiger partial charge < -0.3 is 10.6 Å². The highest BCUT2D eigenvalue weighted by Crippen LogP contribution is 2.49. The van der Waals surface area contributed by atoms with Gasteiger partial charge in [-0.2, -0.15) is 13.2 Å². The molecular weight excluding hydrogens is 359 g/mol. The van der Waals surface area contributed by atoms with Crippen LogP contribution in [0.1, 0.15) is 24.8 Å². The maximum Gasteiger partial charge on any atom is 0.390 e. The Hall–Kier alpha value is -1.24. The fraction of sp³-hybridized carbons (Fsp3) is 0.533. The van der Waals surface area contributed by atoms with E-state index in [-0.39, 0.29) is 12.0 Å². The average molecular weight is 378 g/mol. The molecule has 0 atom stereocenters. The Morgan fingerprint density at radius 1 is 1.27 bits per heavy atom. The molecule has 1 saturated carbocycles. The first kappa shape index (κ1) is 17.1. The monoisotopic (exact) mass is 377 g/mol. The summed E-state index contributed by atoms with van der Waals surface area (Å²) in [7, 11) is 1.56. The molecule has 1 fully saturated rings. The van der Waals surface area contributed by atoms with Gasteiger partial charge in [0.15, 0.2) is 5.96 Å². The molecule has 3 nitrogen and oxygen atoms in total. The van der Waals surface area contributed by atoms with Gasteiger partial charge in [-0.25, -0.2) is 0 Å². The number of nitrogens with zero attached hydrogens (tertiary/aromatic N) is 1. The molecule has 1 aromatic carbocycles. The highest BCUT2D eigenvalue weighted by atomic mass is 79.9. The molecule has 0 amide bonds. The molecule has 0 unspecified atom stereocenters. The van der Waals surface area contributed by atoms with Crippen LogP contribution in [0.3, 0.4) is 0 Å². The number of halogens is 4. The van der Waals surface area contributed by atoms with Crippen molar-refractivity contribution in [3.8, 4) is 0 Å². The quantitative estimate of drug-likeness (QED) is 0.607. The molecule has 0 spiro atoms. The Morgan fingerprint density at radius 3 is 2.50 bits per heavy atom. The number of hydrogen-bond donors (Lipinski definition) is 2. The van der Waals surface area contributed by atoms with Crippen molar-refractivity contribution in [2.24, 2.45) is 4.99 Å². The van der Waals surface area contributed by atoms with E-state index in [0.29, 0.717) is 12.5 Å². The second-order valence-corrected chi connectivity index (χ2v) is 6.33. The number of nitrogens with one attached hydrogen (secondary N) is 2. The van der Waals surface area contributed by atoms with E-state index in [1.165, 1.54) is 5.56 Å². The van der Waals surface area contributed by atoms with Gasteiger partial charge >= 0.3 is 6.18 Å². The molecular formula is C15H19BrF3N3. The van der Waals surface area contributed by atoms with Gasteiger partial charge in [-0.3, -0.25) is 4.99 Å². The molecule has 1 aliphatic carbocycles. The Labute approximate surface area is 136 Å². The lowest BCUT2D eigenvalue weighted by Gasteiger charge is -2.20. The van der Waals surface area contributed by atoms with Crippen LogP contribution in [0.25, 0.3) is 0 Å².